The lowest BCUT2D eigenvalue weighted by Crippen LogP contribution is -2.46. The van der Waals surface area contributed by atoms with E-state index in [1.54, 1.807) is 0 Å². The van der Waals surface area contributed by atoms with Gasteiger partial charge in [0, 0.05) is 44.1 Å². The fraction of sp³-hybridized carbons (Fsp3) is 0.429. The molecule has 0 bridgehead atoms. The fourth-order valence-corrected chi connectivity index (χ4v) is 3.28. The van der Waals surface area contributed by atoms with Gasteiger partial charge in [0.2, 0.25) is 0 Å². The van der Waals surface area contributed by atoms with Crippen LogP contribution in [0.25, 0.3) is 0 Å². The quantitative estimate of drug-likeness (QED) is 0.780. The van der Waals surface area contributed by atoms with E-state index in [9.17, 15) is 0 Å². The summed E-state index contributed by atoms with van der Waals surface area (Å²) >= 11 is 0. The SMILES string of the molecule is CCN1CCN(c2ccc(NCCCc3ccccc3)cc2)CC1. The molecule has 0 aromatic heterocycles. The fourth-order valence-electron chi connectivity index (χ4n) is 3.28. The topological polar surface area (TPSA) is 18.5 Å². The maximum atomic E-state index is 3.53. The Kier molecular flexibility index (Phi) is 6.13. The highest BCUT2D eigenvalue weighted by Crippen LogP contribution is 2.19. The van der Waals surface area contributed by atoms with Crippen LogP contribution in [-0.2, 0) is 6.42 Å². The first-order valence-electron chi connectivity index (χ1n) is 9.20. The number of anilines is 2. The molecule has 1 aliphatic rings. The highest BCUT2D eigenvalue weighted by atomic mass is 15.3. The lowest BCUT2D eigenvalue weighted by Gasteiger charge is -2.35. The van der Waals surface area contributed by atoms with Crippen molar-refractivity contribution in [2.45, 2.75) is 19.8 Å². The van der Waals surface area contributed by atoms with Crippen molar-refractivity contribution in [2.75, 3.05) is 49.5 Å². The highest BCUT2D eigenvalue weighted by Gasteiger charge is 2.15. The lowest BCUT2D eigenvalue weighted by atomic mass is 10.1. The summed E-state index contributed by atoms with van der Waals surface area (Å²) < 4.78 is 0. The lowest BCUT2D eigenvalue weighted by molar-refractivity contribution is 0.271. The summed E-state index contributed by atoms with van der Waals surface area (Å²) in [5.74, 6) is 0. The summed E-state index contributed by atoms with van der Waals surface area (Å²) in [6, 6.07) is 19.6. The van der Waals surface area contributed by atoms with Crippen molar-refractivity contribution in [3.8, 4) is 0 Å². The third-order valence-electron chi connectivity index (χ3n) is 4.87. The van der Waals surface area contributed by atoms with Crippen molar-refractivity contribution in [1.29, 1.82) is 0 Å². The average molecular weight is 323 g/mol. The van der Waals surface area contributed by atoms with Gasteiger partial charge in [-0.3, -0.25) is 0 Å². The third-order valence-corrected chi connectivity index (χ3v) is 4.87. The number of nitrogens with one attached hydrogen (secondary N) is 1. The first kappa shape index (κ1) is 16.8. The third kappa shape index (κ3) is 4.75. The first-order valence-corrected chi connectivity index (χ1v) is 9.20. The van der Waals surface area contributed by atoms with Crippen molar-refractivity contribution >= 4 is 11.4 Å². The molecule has 1 fully saturated rings. The van der Waals surface area contributed by atoms with Crippen LogP contribution in [0.5, 0.6) is 0 Å². The van der Waals surface area contributed by atoms with Crippen molar-refractivity contribution in [3.63, 3.8) is 0 Å². The molecule has 0 radical (unpaired) electrons. The van der Waals surface area contributed by atoms with Crippen LogP contribution in [0.2, 0.25) is 0 Å². The maximum absolute atomic E-state index is 3.53. The van der Waals surface area contributed by atoms with Gasteiger partial charge >= 0.3 is 0 Å². The van der Waals surface area contributed by atoms with Crippen LogP contribution in [0, 0.1) is 0 Å². The summed E-state index contributed by atoms with van der Waals surface area (Å²) in [5, 5.41) is 3.53. The van der Waals surface area contributed by atoms with Crippen LogP contribution in [-0.4, -0.2) is 44.2 Å². The number of piperazine rings is 1. The molecular formula is C21H29N3. The van der Waals surface area contributed by atoms with Crippen molar-refractivity contribution in [1.82, 2.24) is 4.90 Å². The predicted octanol–water partition coefficient (Wildman–Crippen LogP) is 3.87. The molecule has 3 nitrogen and oxygen atoms in total. The summed E-state index contributed by atoms with van der Waals surface area (Å²) in [4.78, 5) is 5.00. The standard InChI is InChI=1S/C21H29N3/c1-2-23-15-17-24(18-16-23)21-12-10-20(11-13-21)22-14-6-9-19-7-4-3-5-8-19/h3-5,7-8,10-13,22H,2,6,9,14-18H2,1H3. The summed E-state index contributed by atoms with van der Waals surface area (Å²) in [6.45, 7) is 9.05. The normalized spacial score (nSPS) is 15.5. The van der Waals surface area contributed by atoms with E-state index in [0.717, 1.165) is 32.5 Å². The minimum Gasteiger partial charge on any atom is -0.385 e. The molecule has 24 heavy (non-hydrogen) atoms. The maximum Gasteiger partial charge on any atom is 0.0368 e. The Morgan fingerprint density at radius 3 is 2.25 bits per heavy atom. The largest absolute Gasteiger partial charge is 0.385 e. The molecule has 3 rings (SSSR count). The van der Waals surface area contributed by atoms with Crippen LogP contribution in [0.4, 0.5) is 11.4 Å². The minimum atomic E-state index is 1.02. The number of rotatable bonds is 7. The van der Waals surface area contributed by atoms with E-state index in [2.05, 4.69) is 76.6 Å². The van der Waals surface area contributed by atoms with Crippen molar-refractivity contribution in [2.24, 2.45) is 0 Å². The van der Waals surface area contributed by atoms with Gasteiger partial charge in [-0.05, 0) is 49.2 Å². The van der Waals surface area contributed by atoms with Gasteiger partial charge in [-0.15, -0.1) is 0 Å². The van der Waals surface area contributed by atoms with Crippen LogP contribution < -0.4 is 10.2 Å². The van der Waals surface area contributed by atoms with Gasteiger partial charge in [0.1, 0.15) is 0 Å². The zero-order chi connectivity index (χ0) is 16.6. The average Bonchev–Trinajstić information content (AvgIpc) is 2.67. The van der Waals surface area contributed by atoms with E-state index >= 15 is 0 Å². The smallest absolute Gasteiger partial charge is 0.0368 e. The van der Waals surface area contributed by atoms with Crippen LogP contribution >= 0.6 is 0 Å². The van der Waals surface area contributed by atoms with Crippen LogP contribution in [0.3, 0.4) is 0 Å². The van der Waals surface area contributed by atoms with Gasteiger partial charge in [0.05, 0.1) is 0 Å². The van der Waals surface area contributed by atoms with Crippen LogP contribution in [0.1, 0.15) is 18.9 Å². The second-order valence-corrected chi connectivity index (χ2v) is 6.48. The molecular weight excluding hydrogens is 294 g/mol. The molecule has 1 saturated heterocycles. The van der Waals surface area contributed by atoms with Gasteiger partial charge < -0.3 is 15.1 Å². The van der Waals surface area contributed by atoms with E-state index in [1.165, 1.54) is 36.6 Å². The molecule has 0 saturated carbocycles. The van der Waals surface area contributed by atoms with Crippen molar-refractivity contribution in [3.05, 3.63) is 60.2 Å². The van der Waals surface area contributed by atoms with E-state index in [1.807, 2.05) is 0 Å². The molecule has 128 valence electrons. The highest BCUT2D eigenvalue weighted by molar-refractivity contribution is 5.55. The van der Waals surface area contributed by atoms with E-state index < -0.39 is 0 Å². The molecule has 1 heterocycles. The van der Waals surface area contributed by atoms with E-state index in [4.69, 9.17) is 0 Å². The van der Waals surface area contributed by atoms with Gasteiger partial charge in [-0.25, -0.2) is 0 Å². The van der Waals surface area contributed by atoms with Crippen molar-refractivity contribution < 1.29 is 0 Å². The monoisotopic (exact) mass is 323 g/mol. The summed E-state index contributed by atoms with van der Waals surface area (Å²) in [7, 11) is 0. The summed E-state index contributed by atoms with van der Waals surface area (Å²) in [6.07, 6.45) is 2.29. The Labute approximate surface area is 146 Å². The number of likely N-dealkylation sites (N-methyl/N-ethyl adjacent to an activating group) is 1. The molecule has 2 aromatic rings. The Morgan fingerprint density at radius 2 is 1.58 bits per heavy atom. The number of hydrogen-bond donors (Lipinski definition) is 1. The van der Waals surface area contributed by atoms with Crippen LogP contribution in [0.15, 0.2) is 54.6 Å². The molecule has 1 N–H and O–H groups in total. The Morgan fingerprint density at radius 1 is 0.875 bits per heavy atom. The molecule has 0 amide bonds. The first-order chi connectivity index (χ1) is 11.8. The number of aryl methyl sites for hydroxylation is 1. The van der Waals surface area contributed by atoms with Gasteiger partial charge in [-0.2, -0.15) is 0 Å². The number of hydrogen-bond acceptors (Lipinski definition) is 3. The van der Waals surface area contributed by atoms with Gasteiger partial charge in [-0.1, -0.05) is 37.3 Å². The Bertz CT molecular complexity index is 586. The molecule has 0 atom stereocenters. The molecule has 0 unspecified atom stereocenters. The van der Waals surface area contributed by atoms with E-state index in [-0.39, 0.29) is 0 Å². The molecule has 0 aliphatic carbocycles. The molecule has 0 spiro atoms. The van der Waals surface area contributed by atoms with E-state index in [0.29, 0.717) is 0 Å². The molecule has 3 heteroatoms. The Hall–Kier alpha value is -2.00. The number of nitrogens with zero attached hydrogens (tertiary/aromatic N) is 2. The zero-order valence-corrected chi connectivity index (χ0v) is 14.7. The second kappa shape index (κ2) is 8.74. The Balaban J connectivity index is 1.41. The van der Waals surface area contributed by atoms with Gasteiger partial charge in [0.15, 0.2) is 0 Å². The number of benzene rings is 2. The minimum absolute atomic E-state index is 1.02. The zero-order valence-electron chi connectivity index (χ0n) is 14.7. The molecule has 2 aromatic carbocycles. The second-order valence-electron chi connectivity index (χ2n) is 6.48. The summed E-state index contributed by atoms with van der Waals surface area (Å²) in [5.41, 5.74) is 3.99. The van der Waals surface area contributed by atoms with Gasteiger partial charge in [0.25, 0.3) is 0 Å². The molecule has 1 aliphatic heterocycles. The predicted molar refractivity (Wildman–Crippen MR) is 104 cm³/mol.